The Kier molecular flexibility index (Phi) is 4.39. The van der Waals surface area contributed by atoms with Gasteiger partial charge < -0.3 is 4.74 Å². The second-order valence-electron chi connectivity index (χ2n) is 4.00. The van der Waals surface area contributed by atoms with E-state index in [2.05, 4.69) is 10.3 Å². The van der Waals surface area contributed by atoms with Crippen LogP contribution in [-0.2, 0) is 4.79 Å². The van der Waals surface area contributed by atoms with E-state index in [-0.39, 0.29) is 5.91 Å². The summed E-state index contributed by atoms with van der Waals surface area (Å²) in [7, 11) is 0. The van der Waals surface area contributed by atoms with Gasteiger partial charge in [0, 0.05) is 16.6 Å². The number of ether oxygens (including phenoxy) is 1. The molecule has 0 radical (unpaired) electrons. The van der Waals surface area contributed by atoms with E-state index in [4.69, 9.17) is 16.3 Å². The van der Waals surface area contributed by atoms with E-state index in [9.17, 15) is 4.79 Å². The Morgan fingerprint density at radius 3 is 2.95 bits per heavy atom. The average Bonchev–Trinajstić information content (AvgIpc) is 2.86. The first kappa shape index (κ1) is 13.8. The third kappa shape index (κ3) is 3.68. The summed E-state index contributed by atoms with van der Waals surface area (Å²) in [6, 6.07) is 5.29. The van der Waals surface area contributed by atoms with Crippen LogP contribution in [0.15, 0.2) is 29.8 Å². The van der Waals surface area contributed by atoms with Gasteiger partial charge in [0.2, 0.25) is 0 Å². The summed E-state index contributed by atoms with van der Waals surface area (Å²) in [5.41, 5.74) is 0.909. The molecule has 1 N–H and O–H groups in total. The SMILES string of the molecule is Cc1cc(OC(C)C(=O)Nc2nccs2)ccc1Cl. The van der Waals surface area contributed by atoms with E-state index in [1.54, 1.807) is 36.7 Å². The Balaban J connectivity index is 1.98. The Bertz CT molecular complexity index is 572. The molecule has 1 aromatic carbocycles. The fourth-order valence-electron chi connectivity index (χ4n) is 1.44. The van der Waals surface area contributed by atoms with Crippen LogP contribution in [0, 0.1) is 6.92 Å². The van der Waals surface area contributed by atoms with Gasteiger partial charge in [0.15, 0.2) is 11.2 Å². The summed E-state index contributed by atoms with van der Waals surface area (Å²) in [4.78, 5) is 15.9. The summed E-state index contributed by atoms with van der Waals surface area (Å²) in [5, 5.41) is 5.72. The lowest BCUT2D eigenvalue weighted by atomic mass is 10.2. The van der Waals surface area contributed by atoms with Crippen molar-refractivity contribution in [2.45, 2.75) is 20.0 Å². The third-order valence-electron chi connectivity index (χ3n) is 2.47. The van der Waals surface area contributed by atoms with Crippen molar-refractivity contribution in [1.29, 1.82) is 0 Å². The van der Waals surface area contributed by atoms with Crippen LogP contribution < -0.4 is 10.1 Å². The summed E-state index contributed by atoms with van der Waals surface area (Å²) >= 11 is 7.30. The van der Waals surface area contributed by atoms with E-state index in [1.165, 1.54) is 11.3 Å². The number of nitrogens with one attached hydrogen (secondary N) is 1. The Morgan fingerprint density at radius 1 is 1.53 bits per heavy atom. The predicted octanol–water partition coefficient (Wildman–Crippen LogP) is 3.51. The van der Waals surface area contributed by atoms with Gasteiger partial charge in [0.25, 0.3) is 5.91 Å². The van der Waals surface area contributed by atoms with Gasteiger partial charge in [0.1, 0.15) is 5.75 Å². The van der Waals surface area contributed by atoms with Gasteiger partial charge in [-0.2, -0.15) is 0 Å². The van der Waals surface area contributed by atoms with Crippen LogP contribution in [0.3, 0.4) is 0 Å². The molecule has 19 heavy (non-hydrogen) atoms. The number of aryl methyl sites for hydroxylation is 1. The number of amides is 1. The molecule has 0 spiro atoms. The maximum Gasteiger partial charge on any atom is 0.266 e. The van der Waals surface area contributed by atoms with Crippen molar-refractivity contribution in [3.63, 3.8) is 0 Å². The van der Waals surface area contributed by atoms with Crippen molar-refractivity contribution in [3.8, 4) is 5.75 Å². The number of rotatable bonds is 4. The number of aromatic nitrogens is 1. The molecular weight excluding hydrogens is 284 g/mol. The first-order valence-electron chi connectivity index (χ1n) is 5.69. The minimum absolute atomic E-state index is 0.234. The number of benzene rings is 1. The normalized spacial score (nSPS) is 11.9. The van der Waals surface area contributed by atoms with Crippen LogP contribution in [0.2, 0.25) is 5.02 Å². The zero-order valence-corrected chi connectivity index (χ0v) is 12.1. The average molecular weight is 297 g/mol. The number of carbonyl (C=O) groups is 1. The van der Waals surface area contributed by atoms with Gasteiger partial charge >= 0.3 is 0 Å². The molecule has 0 fully saturated rings. The Labute approximate surface area is 120 Å². The highest BCUT2D eigenvalue weighted by Crippen LogP contribution is 2.22. The van der Waals surface area contributed by atoms with Crippen LogP contribution in [0.25, 0.3) is 0 Å². The monoisotopic (exact) mass is 296 g/mol. The number of hydrogen-bond donors (Lipinski definition) is 1. The predicted molar refractivity (Wildman–Crippen MR) is 77.0 cm³/mol. The molecule has 2 aromatic rings. The van der Waals surface area contributed by atoms with Gasteiger partial charge in [-0.3, -0.25) is 10.1 Å². The van der Waals surface area contributed by atoms with Gasteiger partial charge in [-0.25, -0.2) is 4.98 Å². The fourth-order valence-corrected chi connectivity index (χ4v) is 2.09. The van der Waals surface area contributed by atoms with E-state index in [0.717, 1.165) is 5.56 Å². The molecule has 1 atom stereocenters. The second kappa shape index (κ2) is 6.04. The molecule has 6 heteroatoms. The largest absolute Gasteiger partial charge is 0.481 e. The Hall–Kier alpha value is -1.59. The molecule has 0 bridgehead atoms. The van der Waals surface area contributed by atoms with Crippen LogP contribution >= 0.6 is 22.9 Å². The summed E-state index contributed by atoms with van der Waals surface area (Å²) in [5.74, 6) is 0.381. The van der Waals surface area contributed by atoms with Crippen molar-refractivity contribution >= 4 is 34.0 Å². The van der Waals surface area contributed by atoms with Crippen LogP contribution in [-0.4, -0.2) is 17.0 Å². The summed E-state index contributed by atoms with van der Waals surface area (Å²) < 4.78 is 5.57. The number of hydrogen-bond acceptors (Lipinski definition) is 4. The smallest absolute Gasteiger partial charge is 0.266 e. The molecular formula is C13H13ClN2O2S. The van der Waals surface area contributed by atoms with E-state index < -0.39 is 6.10 Å². The first-order valence-corrected chi connectivity index (χ1v) is 6.95. The van der Waals surface area contributed by atoms with Gasteiger partial charge in [-0.05, 0) is 37.6 Å². The molecule has 1 aromatic heterocycles. The van der Waals surface area contributed by atoms with Gasteiger partial charge in [-0.15, -0.1) is 11.3 Å². The molecule has 1 heterocycles. The van der Waals surface area contributed by atoms with E-state index in [1.807, 2.05) is 6.92 Å². The molecule has 0 aliphatic heterocycles. The molecule has 0 aliphatic rings. The molecule has 0 aliphatic carbocycles. The van der Waals surface area contributed by atoms with E-state index >= 15 is 0 Å². The van der Waals surface area contributed by atoms with Gasteiger partial charge in [0.05, 0.1) is 0 Å². The van der Waals surface area contributed by atoms with Crippen molar-refractivity contribution < 1.29 is 9.53 Å². The molecule has 2 rings (SSSR count). The third-order valence-corrected chi connectivity index (χ3v) is 3.59. The molecule has 4 nitrogen and oxygen atoms in total. The van der Waals surface area contributed by atoms with Crippen molar-refractivity contribution in [2.24, 2.45) is 0 Å². The maximum absolute atomic E-state index is 11.9. The lowest BCUT2D eigenvalue weighted by molar-refractivity contribution is -0.122. The molecule has 0 saturated carbocycles. The van der Waals surface area contributed by atoms with Crippen molar-refractivity contribution in [3.05, 3.63) is 40.4 Å². The quantitative estimate of drug-likeness (QED) is 0.939. The minimum Gasteiger partial charge on any atom is -0.481 e. The van der Waals surface area contributed by atoms with Crippen LogP contribution in [0.5, 0.6) is 5.75 Å². The number of anilines is 1. The van der Waals surface area contributed by atoms with E-state index in [0.29, 0.717) is 15.9 Å². The number of nitrogens with zero attached hydrogens (tertiary/aromatic N) is 1. The lowest BCUT2D eigenvalue weighted by Crippen LogP contribution is -2.30. The maximum atomic E-state index is 11.9. The summed E-state index contributed by atoms with van der Waals surface area (Å²) in [6.45, 7) is 3.57. The zero-order chi connectivity index (χ0) is 13.8. The molecule has 0 saturated heterocycles. The molecule has 100 valence electrons. The van der Waals surface area contributed by atoms with Crippen molar-refractivity contribution in [2.75, 3.05) is 5.32 Å². The molecule has 1 amide bonds. The van der Waals surface area contributed by atoms with Gasteiger partial charge in [-0.1, -0.05) is 11.6 Å². The standard InChI is InChI=1S/C13H13ClN2O2S/c1-8-7-10(3-4-11(8)14)18-9(2)12(17)16-13-15-5-6-19-13/h3-7,9H,1-2H3,(H,15,16,17). The Morgan fingerprint density at radius 2 is 2.32 bits per heavy atom. The number of carbonyl (C=O) groups excluding carboxylic acids is 1. The number of halogens is 1. The topological polar surface area (TPSA) is 51.2 Å². The highest BCUT2D eigenvalue weighted by atomic mass is 35.5. The fraction of sp³-hybridized carbons (Fsp3) is 0.231. The molecule has 1 unspecified atom stereocenters. The van der Waals surface area contributed by atoms with Crippen molar-refractivity contribution in [1.82, 2.24) is 4.98 Å². The highest BCUT2D eigenvalue weighted by Gasteiger charge is 2.16. The zero-order valence-electron chi connectivity index (χ0n) is 10.5. The van der Waals surface area contributed by atoms with Crippen LogP contribution in [0.1, 0.15) is 12.5 Å². The minimum atomic E-state index is -0.607. The van der Waals surface area contributed by atoms with Crippen LogP contribution in [0.4, 0.5) is 5.13 Å². The highest BCUT2D eigenvalue weighted by molar-refractivity contribution is 7.13. The summed E-state index contributed by atoms with van der Waals surface area (Å²) in [6.07, 6.45) is 1.03. The number of thiazole rings is 1. The lowest BCUT2D eigenvalue weighted by Gasteiger charge is -2.14. The first-order chi connectivity index (χ1) is 9.06. The second-order valence-corrected chi connectivity index (χ2v) is 5.30.